The van der Waals surface area contributed by atoms with E-state index in [0.29, 0.717) is 17.7 Å². The number of ketones is 1. The van der Waals surface area contributed by atoms with Gasteiger partial charge in [-0.25, -0.2) is 0 Å². The number of hydrogen-bond donors (Lipinski definition) is 1. The van der Waals surface area contributed by atoms with Crippen LogP contribution >= 0.6 is 0 Å². The molecule has 0 aromatic heterocycles. The van der Waals surface area contributed by atoms with E-state index in [1.165, 1.54) is 33.0 Å². The molecular weight excluding hydrogens is 443 g/mol. The molecule has 1 aromatic rings. The van der Waals surface area contributed by atoms with Crippen molar-refractivity contribution in [1.29, 1.82) is 0 Å². The van der Waals surface area contributed by atoms with E-state index in [1.54, 1.807) is 18.2 Å². The predicted molar refractivity (Wildman–Crippen MR) is 133 cm³/mol. The molecule has 0 aliphatic heterocycles. The Morgan fingerprint density at radius 2 is 1.82 bits per heavy atom. The van der Waals surface area contributed by atoms with Crippen LogP contribution in [0.25, 0.3) is 0 Å². The molecule has 0 aliphatic rings. The molecule has 0 aliphatic carbocycles. The zero-order valence-corrected chi connectivity index (χ0v) is 20.9. The van der Waals surface area contributed by atoms with E-state index in [4.69, 9.17) is 0 Å². The topological polar surface area (TPSA) is 70.9 Å². The number of nitrogens with zero attached hydrogens (tertiary/aromatic N) is 2. The summed E-state index contributed by atoms with van der Waals surface area (Å²) in [4.78, 5) is 32.7. The van der Waals surface area contributed by atoms with Crippen molar-refractivity contribution in [3.05, 3.63) is 52.7 Å². The van der Waals surface area contributed by atoms with Crippen molar-refractivity contribution in [3.63, 3.8) is 0 Å². The summed E-state index contributed by atoms with van der Waals surface area (Å²) in [6.07, 6.45) is 0.296. The minimum Gasteiger partial charge on any atom is -0.321 e. The summed E-state index contributed by atoms with van der Waals surface area (Å²) >= 11 is 0. The molecule has 5 nitrogen and oxygen atoms in total. The van der Waals surface area contributed by atoms with Gasteiger partial charge in [0, 0.05) is 36.0 Å². The molecule has 1 unspecified atom stereocenters. The lowest BCUT2D eigenvalue weighted by atomic mass is 9.91. The number of Topliss-reactive ketones (excluding diaryl/α,β-unsaturated/α-hetero) is 1. The number of amides is 1. The van der Waals surface area contributed by atoms with Gasteiger partial charge in [-0.1, -0.05) is 33.3 Å². The average Bonchev–Trinajstić information content (AvgIpc) is 2.79. The second-order valence-corrected chi connectivity index (χ2v) is 8.03. The van der Waals surface area contributed by atoms with Gasteiger partial charge in [-0.05, 0) is 62.9 Å². The summed E-state index contributed by atoms with van der Waals surface area (Å²) in [5.41, 5.74) is 1.21. The predicted octanol–water partition coefficient (Wildman–Crippen LogP) is 6.75. The summed E-state index contributed by atoms with van der Waals surface area (Å²) in [6.45, 7) is 10.3. The average molecular weight is 478 g/mol. The number of halogens is 3. The fraction of sp³-hybridized carbons (Fsp3) is 0.462. The van der Waals surface area contributed by atoms with Crippen molar-refractivity contribution < 1.29 is 22.8 Å². The smallest absolute Gasteiger partial charge is 0.321 e. The molecule has 0 radical (unpaired) electrons. The monoisotopic (exact) mass is 477 g/mol. The lowest BCUT2D eigenvalue weighted by Gasteiger charge is -2.14. The number of aliphatic imine (C=N–C) groups is 2. The molecule has 186 valence electrons. The second kappa shape index (κ2) is 13.0. The van der Waals surface area contributed by atoms with Gasteiger partial charge in [0.05, 0.1) is 0 Å². The second-order valence-electron chi connectivity index (χ2n) is 8.03. The van der Waals surface area contributed by atoms with Crippen molar-refractivity contribution in [2.45, 2.75) is 67.0 Å². The SMILES string of the molecule is C/C=C(C(=NC)C(F)(F)F)/C(C)=C/N=C(C)C(=O)Nc1ccc(C(=O)C(C)CCC)c(CC)c1. The molecular formula is C26H34F3N3O2. The van der Waals surface area contributed by atoms with E-state index in [-0.39, 0.29) is 28.6 Å². The highest BCUT2D eigenvalue weighted by molar-refractivity contribution is 6.42. The van der Waals surface area contributed by atoms with Gasteiger partial charge < -0.3 is 5.32 Å². The number of allylic oxidation sites excluding steroid dienone is 3. The Bertz CT molecular complexity index is 1020. The van der Waals surface area contributed by atoms with E-state index in [0.717, 1.165) is 25.5 Å². The van der Waals surface area contributed by atoms with Crippen LogP contribution in [0.4, 0.5) is 18.9 Å². The molecule has 1 atom stereocenters. The summed E-state index contributed by atoms with van der Waals surface area (Å²) in [5.74, 6) is -0.479. The molecule has 1 aromatic carbocycles. The van der Waals surface area contributed by atoms with Crippen molar-refractivity contribution in [3.8, 4) is 0 Å². The van der Waals surface area contributed by atoms with Gasteiger partial charge in [0.15, 0.2) is 5.78 Å². The Kier molecular flexibility index (Phi) is 11.1. The number of anilines is 1. The Morgan fingerprint density at radius 3 is 2.32 bits per heavy atom. The summed E-state index contributed by atoms with van der Waals surface area (Å²) in [7, 11) is 1.08. The first-order valence-corrected chi connectivity index (χ1v) is 11.3. The number of alkyl halides is 3. The van der Waals surface area contributed by atoms with Crippen LogP contribution in [-0.4, -0.2) is 36.3 Å². The standard InChI is InChI=1S/C26H34F3N3O2/c1-8-11-16(4)23(33)22-13-12-20(14-19(22)9-2)32-25(34)18(6)31-15-17(5)21(10-3)24(30-7)26(27,28)29/h10,12-16H,8-9,11H2,1-7H3,(H,32,34)/b17-15+,21-10-,30-24?,31-18?. The first-order valence-electron chi connectivity index (χ1n) is 11.3. The molecule has 0 heterocycles. The largest absolute Gasteiger partial charge is 0.433 e. The fourth-order valence-electron chi connectivity index (χ4n) is 3.53. The highest BCUT2D eigenvalue weighted by Crippen LogP contribution is 2.26. The van der Waals surface area contributed by atoms with Crippen LogP contribution in [0, 0.1) is 5.92 Å². The van der Waals surface area contributed by atoms with E-state index in [2.05, 4.69) is 15.3 Å². The van der Waals surface area contributed by atoms with Crippen LogP contribution in [0.1, 0.15) is 70.3 Å². The molecule has 1 rings (SSSR count). The number of aryl methyl sites for hydroxylation is 1. The molecule has 0 saturated carbocycles. The van der Waals surface area contributed by atoms with E-state index in [9.17, 15) is 22.8 Å². The summed E-state index contributed by atoms with van der Waals surface area (Å²) in [5, 5.41) is 2.73. The third-order valence-corrected chi connectivity index (χ3v) is 5.42. The van der Waals surface area contributed by atoms with E-state index in [1.807, 2.05) is 20.8 Å². The van der Waals surface area contributed by atoms with Gasteiger partial charge >= 0.3 is 6.18 Å². The van der Waals surface area contributed by atoms with E-state index < -0.39 is 17.8 Å². The van der Waals surface area contributed by atoms with Crippen LogP contribution in [-0.2, 0) is 11.2 Å². The fourth-order valence-corrected chi connectivity index (χ4v) is 3.53. The molecule has 0 spiro atoms. The van der Waals surface area contributed by atoms with Gasteiger partial charge in [0.2, 0.25) is 0 Å². The maximum Gasteiger partial charge on any atom is 0.433 e. The van der Waals surface area contributed by atoms with Crippen molar-refractivity contribution in [1.82, 2.24) is 0 Å². The normalized spacial score (nSPS) is 14.8. The molecule has 34 heavy (non-hydrogen) atoms. The highest BCUT2D eigenvalue weighted by Gasteiger charge is 2.37. The number of benzene rings is 1. The van der Waals surface area contributed by atoms with Gasteiger partial charge in [-0.2, -0.15) is 13.2 Å². The number of rotatable bonds is 10. The zero-order valence-electron chi connectivity index (χ0n) is 20.9. The number of nitrogens with one attached hydrogen (secondary N) is 1. The quantitative estimate of drug-likeness (QED) is 0.230. The van der Waals surface area contributed by atoms with Gasteiger partial charge in [-0.3, -0.25) is 19.6 Å². The minimum absolute atomic E-state index is 0.0715. The third kappa shape index (κ3) is 7.78. The first-order chi connectivity index (χ1) is 15.9. The highest BCUT2D eigenvalue weighted by atomic mass is 19.4. The van der Waals surface area contributed by atoms with Gasteiger partial charge in [-0.15, -0.1) is 0 Å². The van der Waals surface area contributed by atoms with Crippen LogP contribution in [0.5, 0.6) is 0 Å². The van der Waals surface area contributed by atoms with Crippen molar-refractivity contribution in [2.24, 2.45) is 15.9 Å². The lowest BCUT2D eigenvalue weighted by Crippen LogP contribution is -2.25. The first kappa shape index (κ1) is 29.0. The van der Waals surface area contributed by atoms with Crippen molar-refractivity contribution >= 4 is 28.8 Å². The molecule has 0 fully saturated rings. The zero-order chi connectivity index (χ0) is 26.1. The van der Waals surface area contributed by atoms with Crippen LogP contribution in [0.2, 0.25) is 0 Å². The summed E-state index contributed by atoms with van der Waals surface area (Å²) < 4.78 is 39.6. The number of carbonyl (C=O) groups is 2. The Balaban J connectivity index is 3.08. The van der Waals surface area contributed by atoms with Crippen molar-refractivity contribution in [2.75, 3.05) is 12.4 Å². The van der Waals surface area contributed by atoms with Gasteiger partial charge in [0.25, 0.3) is 5.91 Å². The minimum atomic E-state index is -4.60. The molecule has 1 amide bonds. The lowest BCUT2D eigenvalue weighted by molar-refractivity contribution is -0.110. The van der Waals surface area contributed by atoms with Crippen LogP contribution in [0.3, 0.4) is 0 Å². The third-order valence-electron chi connectivity index (χ3n) is 5.42. The van der Waals surface area contributed by atoms with E-state index >= 15 is 0 Å². The van der Waals surface area contributed by atoms with Crippen LogP contribution < -0.4 is 5.32 Å². The molecule has 0 bridgehead atoms. The Labute approximate surface area is 200 Å². The maximum absolute atomic E-state index is 13.2. The molecule has 0 saturated heterocycles. The van der Waals surface area contributed by atoms with Gasteiger partial charge in [0.1, 0.15) is 11.4 Å². The number of carbonyl (C=O) groups excluding carboxylic acids is 2. The molecule has 8 heteroatoms. The Hall–Kier alpha value is -3.03. The van der Waals surface area contributed by atoms with Crippen LogP contribution in [0.15, 0.2) is 51.6 Å². The number of hydrogen-bond acceptors (Lipinski definition) is 4. The summed E-state index contributed by atoms with van der Waals surface area (Å²) in [6, 6.07) is 5.16. The molecule has 1 N–H and O–H groups in total. The Morgan fingerprint density at radius 1 is 1.18 bits per heavy atom. The maximum atomic E-state index is 13.2.